The van der Waals surface area contributed by atoms with Crippen LogP contribution in [0.5, 0.6) is 0 Å². The molecule has 0 aromatic carbocycles. The van der Waals surface area contributed by atoms with Crippen LogP contribution in [0.4, 0.5) is 5.95 Å². The first kappa shape index (κ1) is 15.2. The van der Waals surface area contributed by atoms with Crippen molar-refractivity contribution in [2.24, 2.45) is 5.92 Å². The van der Waals surface area contributed by atoms with Gasteiger partial charge in [0.1, 0.15) is 4.90 Å². The van der Waals surface area contributed by atoms with Gasteiger partial charge >= 0.3 is 0 Å². The van der Waals surface area contributed by atoms with Gasteiger partial charge in [-0.25, -0.2) is 23.1 Å². The standard InChI is InChI=1S/C13H22N4O2S/c1-10(11-6-4-3-5-7-11)17-20(18,19)12-8-15-13(14-2)16-9-12/h8-11,17H,3-7H2,1-2H3,(H,14,15,16). The minimum absolute atomic E-state index is 0.0516. The van der Waals surface area contributed by atoms with E-state index in [4.69, 9.17) is 0 Å². The number of rotatable bonds is 5. The van der Waals surface area contributed by atoms with E-state index in [1.54, 1.807) is 7.05 Å². The molecule has 1 heterocycles. The summed E-state index contributed by atoms with van der Waals surface area (Å²) in [7, 11) is -1.85. The van der Waals surface area contributed by atoms with Crippen LogP contribution < -0.4 is 10.0 Å². The maximum absolute atomic E-state index is 12.3. The van der Waals surface area contributed by atoms with Gasteiger partial charge in [0.2, 0.25) is 16.0 Å². The number of hydrogen-bond acceptors (Lipinski definition) is 5. The van der Waals surface area contributed by atoms with Crippen LogP contribution in [-0.2, 0) is 10.0 Å². The molecule has 1 aromatic heterocycles. The molecular weight excluding hydrogens is 276 g/mol. The van der Waals surface area contributed by atoms with E-state index >= 15 is 0 Å². The van der Waals surface area contributed by atoms with E-state index in [0.717, 1.165) is 12.8 Å². The van der Waals surface area contributed by atoms with Crippen LogP contribution in [0.2, 0.25) is 0 Å². The summed E-state index contributed by atoms with van der Waals surface area (Å²) in [6.07, 6.45) is 8.49. The van der Waals surface area contributed by atoms with Crippen molar-refractivity contribution in [3.8, 4) is 0 Å². The van der Waals surface area contributed by atoms with Gasteiger partial charge in [-0.05, 0) is 25.7 Å². The second kappa shape index (κ2) is 6.49. The van der Waals surface area contributed by atoms with Crippen molar-refractivity contribution in [3.63, 3.8) is 0 Å². The molecule has 2 rings (SSSR count). The average Bonchev–Trinajstić information content (AvgIpc) is 2.48. The average molecular weight is 298 g/mol. The van der Waals surface area contributed by atoms with Crippen molar-refractivity contribution in [2.75, 3.05) is 12.4 Å². The van der Waals surface area contributed by atoms with Gasteiger partial charge in [-0.1, -0.05) is 19.3 Å². The first-order valence-electron chi connectivity index (χ1n) is 7.05. The minimum atomic E-state index is -3.54. The smallest absolute Gasteiger partial charge is 0.243 e. The quantitative estimate of drug-likeness (QED) is 0.865. The minimum Gasteiger partial charge on any atom is -0.357 e. The van der Waals surface area contributed by atoms with E-state index in [1.165, 1.54) is 31.7 Å². The second-order valence-electron chi connectivity index (χ2n) is 5.30. The molecule has 1 atom stereocenters. The SMILES string of the molecule is CNc1ncc(S(=O)(=O)NC(C)C2CCCCC2)cn1. The van der Waals surface area contributed by atoms with Crippen molar-refractivity contribution in [1.82, 2.24) is 14.7 Å². The van der Waals surface area contributed by atoms with Crippen molar-refractivity contribution in [1.29, 1.82) is 0 Å². The zero-order chi connectivity index (χ0) is 14.6. The third-order valence-electron chi connectivity index (χ3n) is 3.86. The van der Waals surface area contributed by atoms with Crippen LogP contribution in [0.1, 0.15) is 39.0 Å². The van der Waals surface area contributed by atoms with Gasteiger partial charge in [0.15, 0.2) is 0 Å². The summed E-state index contributed by atoms with van der Waals surface area (Å²) >= 11 is 0. The Balaban J connectivity index is 2.05. The molecule has 0 amide bonds. The zero-order valence-corrected chi connectivity index (χ0v) is 12.8. The maximum atomic E-state index is 12.3. The highest BCUT2D eigenvalue weighted by Crippen LogP contribution is 2.27. The number of nitrogens with zero attached hydrogens (tertiary/aromatic N) is 2. The largest absolute Gasteiger partial charge is 0.357 e. The topological polar surface area (TPSA) is 84.0 Å². The molecule has 1 aromatic rings. The number of nitrogens with one attached hydrogen (secondary N) is 2. The predicted molar refractivity (Wildman–Crippen MR) is 77.9 cm³/mol. The Kier molecular flexibility index (Phi) is 4.93. The molecule has 0 aliphatic heterocycles. The second-order valence-corrected chi connectivity index (χ2v) is 7.01. The highest BCUT2D eigenvalue weighted by molar-refractivity contribution is 7.89. The fourth-order valence-electron chi connectivity index (χ4n) is 2.63. The van der Waals surface area contributed by atoms with Gasteiger partial charge in [0.05, 0.1) is 12.4 Å². The van der Waals surface area contributed by atoms with E-state index in [1.807, 2.05) is 6.92 Å². The third-order valence-corrected chi connectivity index (χ3v) is 5.37. The Labute approximate surface area is 120 Å². The molecule has 0 bridgehead atoms. The number of sulfonamides is 1. The fourth-order valence-corrected chi connectivity index (χ4v) is 3.83. The Morgan fingerprint density at radius 2 is 1.80 bits per heavy atom. The van der Waals surface area contributed by atoms with Crippen LogP contribution >= 0.6 is 0 Å². The van der Waals surface area contributed by atoms with E-state index in [2.05, 4.69) is 20.0 Å². The van der Waals surface area contributed by atoms with Gasteiger partial charge in [-0.3, -0.25) is 0 Å². The summed E-state index contributed by atoms with van der Waals surface area (Å²) in [4.78, 5) is 7.99. The van der Waals surface area contributed by atoms with Crippen LogP contribution in [-0.4, -0.2) is 31.5 Å². The Morgan fingerprint density at radius 3 is 2.35 bits per heavy atom. The van der Waals surface area contributed by atoms with Crippen molar-refractivity contribution < 1.29 is 8.42 Å². The van der Waals surface area contributed by atoms with Crippen molar-refractivity contribution in [3.05, 3.63) is 12.4 Å². The first-order chi connectivity index (χ1) is 9.53. The van der Waals surface area contributed by atoms with Crippen molar-refractivity contribution >= 4 is 16.0 Å². The monoisotopic (exact) mass is 298 g/mol. The Bertz CT molecular complexity index is 524. The molecule has 6 nitrogen and oxygen atoms in total. The lowest BCUT2D eigenvalue weighted by Crippen LogP contribution is -2.38. The van der Waals surface area contributed by atoms with Gasteiger partial charge in [-0.15, -0.1) is 0 Å². The van der Waals surface area contributed by atoms with E-state index in [0.29, 0.717) is 11.9 Å². The summed E-state index contributed by atoms with van der Waals surface area (Å²) < 4.78 is 27.3. The van der Waals surface area contributed by atoms with Crippen molar-refractivity contribution in [2.45, 2.75) is 50.0 Å². The normalized spacial score (nSPS) is 18.7. The Morgan fingerprint density at radius 1 is 1.20 bits per heavy atom. The molecule has 1 unspecified atom stereocenters. The molecule has 0 spiro atoms. The molecule has 0 saturated heterocycles. The molecule has 1 fully saturated rings. The Hall–Kier alpha value is -1.21. The fraction of sp³-hybridized carbons (Fsp3) is 0.692. The number of anilines is 1. The summed E-state index contributed by atoms with van der Waals surface area (Å²) in [5.74, 6) is 0.834. The molecule has 1 aliphatic rings. The predicted octanol–water partition coefficient (Wildman–Crippen LogP) is 1.77. The van der Waals surface area contributed by atoms with E-state index in [9.17, 15) is 8.42 Å². The van der Waals surface area contributed by atoms with Gasteiger partial charge < -0.3 is 5.32 Å². The molecule has 1 aliphatic carbocycles. The third kappa shape index (κ3) is 3.67. The highest BCUT2D eigenvalue weighted by Gasteiger charge is 2.25. The van der Waals surface area contributed by atoms with Crippen LogP contribution in [0.3, 0.4) is 0 Å². The summed E-state index contributed by atoms with van der Waals surface area (Å²) in [5, 5.41) is 2.76. The van der Waals surface area contributed by atoms with Gasteiger partial charge in [-0.2, -0.15) is 0 Å². The van der Waals surface area contributed by atoms with E-state index in [-0.39, 0.29) is 10.9 Å². The lowest BCUT2D eigenvalue weighted by Gasteiger charge is -2.28. The zero-order valence-electron chi connectivity index (χ0n) is 12.0. The molecule has 7 heteroatoms. The molecule has 0 radical (unpaired) electrons. The lowest BCUT2D eigenvalue weighted by molar-refractivity contribution is 0.303. The number of hydrogen-bond donors (Lipinski definition) is 2. The van der Waals surface area contributed by atoms with Gasteiger partial charge in [0, 0.05) is 13.1 Å². The van der Waals surface area contributed by atoms with Crippen LogP contribution in [0.25, 0.3) is 0 Å². The summed E-state index contributed by atoms with van der Waals surface area (Å²) in [6.45, 7) is 1.94. The molecule has 2 N–H and O–H groups in total. The molecule has 112 valence electrons. The molecule has 20 heavy (non-hydrogen) atoms. The van der Waals surface area contributed by atoms with E-state index < -0.39 is 10.0 Å². The van der Waals surface area contributed by atoms with Crippen LogP contribution in [0.15, 0.2) is 17.3 Å². The van der Waals surface area contributed by atoms with Gasteiger partial charge in [0.25, 0.3) is 0 Å². The molecule has 1 saturated carbocycles. The first-order valence-corrected chi connectivity index (χ1v) is 8.53. The summed E-state index contributed by atoms with van der Waals surface area (Å²) in [5.41, 5.74) is 0. The highest BCUT2D eigenvalue weighted by atomic mass is 32.2. The molecular formula is C13H22N4O2S. The maximum Gasteiger partial charge on any atom is 0.243 e. The van der Waals surface area contributed by atoms with Crippen LogP contribution in [0, 0.1) is 5.92 Å². The number of aromatic nitrogens is 2. The summed E-state index contributed by atoms with van der Waals surface area (Å²) in [6, 6.07) is -0.0516. The lowest BCUT2D eigenvalue weighted by atomic mass is 9.85.